The molecule has 0 aliphatic rings. The van der Waals surface area contributed by atoms with E-state index in [2.05, 4.69) is 15.3 Å². The highest BCUT2D eigenvalue weighted by Gasteiger charge is 2.06. The largest absolute Gasteiger partial charge is 0.497 e. The summed E-state index contributed by atoms with van der Waals surface area (Å²) in [6.07, 6.45) is 5.48. The molecule has 1 N–H and O–H groups in total. The molecule has 1 amide bonds. The zero-order chi connectivity index (χ0) is 18.2. The van der Waals surface area contributed by atoms with Gasteiger partial charge in [-0.25, -0.2) is 4.98 Å². The van der Waals surface area contributed by atoms with Crippen LogP contribution >= 0.6 is 11.3 Å². The molecule has 0 aliphatic heterocycles. The van der Waals surface area contributed by atoms with Crippen molar-refractivity contribution in [1.82, 2.24) is 15.3 Å². The van der Waals surface area contributed by atoms with Gasteiger partial charge in [0.1, 0.15) is 10.8 Å². The molecule has 0 aliphatic carbocycles. The summed E-state index contributed by atoms with van der Waals surface area (Å²) in [5, 5.41) is 5.95. The molecule has 2 aromatic heterocycles. The summed E-state index contributed by atoms with van der Waals surface area (Å²) in [5.41, 5.74) is 3.14. The molecule has 0 saturated carbocycles. The highest BCUT2D eigenvalue weighted by Crippen LogP contribution is 2.22. The van der Waals surface area contributed by atoms with Crippen molar-refractivity contribution in [3.05, 3.63) is 65.4 Å². The smallest absolute Gasteiger partial charge is 0.220 e. The van der Waals surface area contributed by atoms with Crippen LogP contribution in [-0.4, -0.2) is 29.5 Å². The van der Waals surface area contributed by atoms with E-state index in [0.29, 0.717) is 13.0 Å². The Bertz CT molecular complexity index is 832. The van der Waals surface area contributed by atoms with Crippen LogP contribution in [0, 0.1) is 0 Å². The van der Waals surface area contributed by atoms with E-state index >= 15 is 0 Å². The molecule has 0 bridgehead atoms. The summed E-state index contributed by atoms with van der Waals surface area (Å²) in [6.45, 7) is 0.595. The zero-order valence-electron chi connectivity index (χ0n) is 14.6. The number of aromatic nitrogens is 2. The number of benzene rings is 1. The molecule has 1 aromatic carbocycles. The van der Waals surface area contributed by atoms with Crippen molar-refractivity contribution in [2.24, 2.45) is 0 Å². The van der Waals surface area contributed by atoms with Crippen molar-refractivity contribution in [2.75, 3.05) is 13.7 Å². The number of carbonyl (C=O) groups excluding carboxylic acids is 1. The van der Waals surface area contributed by atoms with Gasteiger partial charge in [-0.2, -0.15) is 0 Å². The maximum absolute atomic E-state index is 12.0. The normalized spacial score (nSPS) is 10.5. The number of nitrogens with zero attached hydrogens (tertiary/aromatic N) is 2. The van der Waals surface area contributed by atoms with Crippen molar-refractivity contribution < 1.29 is 9.53 Å². The standard InChI is InChI=1S/C20H21N3O2S/c1-25-18-7-4-15(5-8-18)6-9-19(24)22-12-10-17-14-26-20(23-17)16-3-2-11-21-13-16/h2-5,7-8,11,13-14H,6,9-10,12H2,1H3,(H,22,24). The monoisotopic (exact) mass is 367 g/mol. The summed E-state index contributed by atoms with van der Waals surface area (Å²) in [4.78, 5) is 20.7. The predicted molar refractivity (Wildman–Crippen MR) is 103 cm³/mol. The lowest BCUT2D eigenvalue weighted by molar-refractivity contribution is -0.121. The molecular formula is C20H21N3O2S. The third kappa shape index (κ3) is 5.13. The van der Waals surface area contributed by atoms with Crippen LogP contribution in [0.1, 0.15) is 17.7 Å². The predicted octanol–water partition coefficient (Wildman–Crippen LogP) is 3.51. The Kier molecular flexibility index (Phi) is 6.33. The van der Waals surface area contributed by atoms with Crippen LogP contribution in [-0.2, 0) is 17.6 Å². The van der Waals surface area contributed by atoms with E-state index in [1.54, 1.807) is 24.6 Å². The lowest BCUT2D eigenvalue weighted by Crippen LogP contribution is -2.25. The molecule has 2 heterocycles. The Morgan fingerprint density at radius 2 is 2.04 bits per heavy atom. The van der Waals surface area contributed by atoms with Crippen molar-refractivity contribution in [3.8, 4) is 16.3 Å². The SMILES string of the molecule is COc1ccc(CCC(=O)NCCc2csc(-c3cccnc3)n2)cc1. The van der Waals surface area contributed by atoms with Crippen LogP contribution < -0.4 is 10.1 Å². The number of ether oxygens (including phenoxy) is 1. The second kappa shape index (κ2) is 9.10. The van der Waals surface area contributed by atoms with Crippen LogP contribution in [0.25, 0.3) is 10.6 Å². The van der Waals surface area contributed by atoms with Crippen LogP contribution in [0.4, 0.5) is 0 Å². The molecule has 6 heteroatoms. The lowest BCUT2D eigenvalue weighted by atomic mass is 10.1. The Balaban J connectivity index is 1.40. The Morgan fingerprint density at radius 3 is 2.77 bits per heavy atom. The molecule has 0 fully saturated rings. The van der Waals surface area contributed by atoms with Crippen LogP contribution in [0.15, 0.2) is 54.2 Å². The van der Waals surface area contributed by atoms with Crippen LogP contribution in [0.5, 0.6) is 5.75 Å². The molecule has 0 unspecified atom stereocenters. The average Bonchev–Trinajstić information content (AvgIpc) is 3.16. The van der Waals surface area contributed by atoms with Gasteiger partial charge in [0.15, 0.2) is 0 Å². The molecule has 0 spiro atoms. The number of amides is 1. The summed E-state index contributed by atoms with van der Waals surface area (Å²) < 4.78 is 5.13. The number of methoxy groups -OCH3 is 1. The average molecular weight is 367 g/mol. The summed E-state index contributed by atoms with van der Waals surface area (Å²) in [6, 6.07) is 11.7. The van der Waals surface area contributed by atoms with Crippen molar-refractivity contribution in [1.29, 1.82) is 0 Å². The van der Waals surface area contributed by atoms with E-state index in [9.17, 15) is 4.79 Å². The quantitative estimate of drug-likeness (QED) is 0.662. The van der Waals surface area contributed by atoms with E-state index < -0.39 is 0 Å². The van der Waals surface area contributed by atoms with Gasteiger partial charge in [0.25, 0.3) is 0 Å². The third-order valence-corrected chi connectivity index (χ3v) is 4.90. The maximum atomic E-state index is 12.0. The molecule has 0 radical (unpaired) electrons. The second-order valence-corrected chi connectivity index (χ2v) is 6.69. The number of nitrogens with one attached hydrogen (secondary N) is 1. The fourth-order valence-electron chi connectivity index (χ4n) is 2.51. The molecule has 3 rings (SSSR count). The second-order valence-electron chi connectivity index (χ2n) is 5.83. The van der Waals surface area contributed by atoms with Crippen LogP contribution in [0.2, 0.25) is 0 Å². The molecule has 26 heavy (non-hydrogen) atoms. The number of thiazole rings is 1. The Hall–Kier alpha value is -2.73. The van der Waals surface area contributed by atoms with Gasteiger partial charge in [-0.15, -0.1) is 11.3 Å². The highest BCUT2D eigenvalue weighted by atomic mass is 32.1. The van der Waals surface area contributed by atoms with E-state index in [4.69, 9.17) is 4.74 Å². The van der Waals surface area contributed by atoms with E-state index in [-0.39, 0.29) is 5.91 Å². The number of rotatable bonds is 8. The van der Waals surface area contributed by atoms with Gasteiger partial charge in [-0.1, -0.05) is 12.1 Å². The molecule has 0 saturated heterocycles. The van der Waals surface area contributed by atoms with Crippen molar-refractivity contribution in [3.63, 3.8) is 0 Å². The minimum absolute atomic E-state index is 0.0588. The minimum atomic E-state index is 0.0588. The highest BCUT2D eigenvalue weighted by molar-refractivity contribution is 7.13. The number of aryl methyl sites for hydroxylation is 1. The van der Waals surface area contributed by atoms with Crippen molar-refractivity contribution in [2.45, 2.75) is 19.3 Å². The molecule has 3 aromatic rings. The molecular weight excluding hydrogens is 346 g/mol. The topological polar surface area (TPSA) is 64.1 Å². The minimum Gasteiger partial charge on any atom is -0.497 e. The number of hydrogen-bond donors (Lipinski definition) is 1. The Labute approximate surface area is 157 Å². The first-order chi connectivity index (χ1) is 12.7. The van der Waals surface area contributed by atoms with Crippen molar-refractivity contribution >= 4 is 17.2 Å². The summed E-state index contributed by atoms with van der Waals surface area (Å²) >= 11 is 1.60. The lowest BCUT2D eigenvalue weighted by Gasteiger charge is -2.05. The van der Waals surface area contributed by atoms with Gasteiger partial charge >= 0.3 is 0 Å². The number of hydrogen-bond acceptors (Lipinski definition) is 5. The van der Waals surface area contributed by atoms with Gasteiger partial charge in [0.05, 0.1) is 12.8 Å². The fourth-order valence-corrected chi connectivity index (χ4v) is 3.36. The first kappa shape index (κ1) is 18.1. The first-order valence-corrected chi connectivity index (χ1v) is 9.37. The van der Waals surface area contributed by atoms with E-state index in [1.807, 2.05) is 48.0 Å². The van der Waals surface area contributed by atoms with Gasteiger partial charge in [0, 0.05) is 42.7 Å². The molecule has 5 nitrogen and oxygen atoms in total. The van der Waals surface area contributed by atoms with Crippen LogP contribution in [0.3, 0.4) is 0 Å². The van der Waals surface area contributed by atoms with Gasteiger partial charge in [-0.3, -0.25) is 9.78 Å². The summed E-state index contributed by atoms with van der Waals surface area (Å²) in [5.74, 6) is 0.885. The molecule has 134 valence electrons. The maximum Gasteiger partial charge on any atom is 0.220 e. The Morgan fingerprint density at radius 1 is 1.19 bits per heavy atom. The fraction of sp³-hybridized carbons (Fsp3) is 0.250. The van der Waals surface area contributed by atoms with Gasteiger partial charge in [-0.05, 0) is 36.2 Å². The van der Waals surface area contributed by atoms with Gasteiger partial charge in [0.2, 0.25) is 5.91 Å². The number of carbonyl (C=O) groups is 1. The van der Waals surface area contributed by atoms with E-state index in [1.165, 1.54) is 0 Å². The van der Waals surface area contributed by atoms with Gasteiger partial charge < -0.3 is 10.1 Å². The number of pyridine rings is 1. The summed E-state index contributed by atoms with van der Waals surface area (Å²) in [7, 11) is 1.64. The van der Waals surface area contributed by atoms with E-state index in [0.717, 1.165) is 40.4 Å². The zero-order valence-corrected chi connectivity index (χ0v) is 15.5. The molecule has 0 atom stereocenters. The first-order valence-electron chi connectivity index (χ1n) is 8.49. The third-order valence-electron chi connectivity index (χ3n) is 3.96.